The first-order chi connectivity index (χ1) is 17.9. The Morgan fingerprint density at radius 1 is 0.486 bits per heavy atom. The Kier molecular flexibility index (Phi) is 39.8. The molecule has 0 aliphatic carbocycles. The van der Waals surface area contributed by atoms with Crippen molar-refractivity contribution in [2.24, 2.45) is 11.8 Å². The summed E-state index contributed by atoms with van der Waals surface area (Å²) in [5, 5.41) is 17.2. The quantitative estimate of drug-likeness (QED) is 0.0819. The first-order valence-electron chi connectivity index (χ1n) is 16.0. The molecule has 0 heterocycles. The molecule has 37 heavy (non-hydrogen) atoms. The molecular weight excluding hydrogens is 567 g/mol. The molecule has 2 N–H and O–H groups in total. The second-order valence-electron chi connectivity index (χ2n) is 10.5. The van der Waals surface area contributed by atoms with E-state index in [9.17, 15) is 9.59 Å². The molecule has 0 saturated carbocycles. The van der Waals surface area contributed by atoms with Crippen molar-refractivity contribution in [3.05, 3.63) is 0 Å². The van der Waals surface area contributed by atoms with Gasteiger partial charge in [0, 0.05) is 0 Å². The number of hydrogen-bond acceptors (Lipinski definition) is 2. The summed E-state index contributed by atoms with van der Waals surface area (Å²) in [6, 6.07) is 0. The van der Waals surface area contributed by atoms with Crippen LogP contribution in [0.2, 0.25) is 8.87 Å². The Balaban J connectivity index is -0.000000499. The summed E-state index contributed by atoms with van der Waals surface area (Å²) in [4.78, 5) is 20.9. The zero-order valence-electron chi connectivity index (χ0n) is 25.9. The molecule has 2 atom stereocenters. The molecule has 0 aliphatic rings. The fraction of sp³-hybridized carbons (Fsp3) is 0.938. The molecule has 0 aromatic heterocycles. The van der Waals surface area contributed by atoms with Crippen LogP contribution in [0, 0.1) is 11.8 Å². The van der Waals surface area contributed by atoms with Crippen molar-refractivity contribution in [1.82, 2.24) is 0 Å². The molecule has 5 heteroatoms. The molecule has 2 radical (unpaired) electrons. The number of rotatable bonds is 24. The van der Waals surface area contributed by atoms with E-state index in [0.29, 0.717) is 0 Å². The maximum absolute atomic E-state index is 10.4. The fourth-order valence-corrected chi connectivity index (χ4v) is 7.66. The molecule has 0 spiro atoms. The SMILES string of the molecule is CCCCC(CC)C(=O)O.CCCCC(CC)C(=O)O.CCCCCCC[CH2][Sn][CH2]CCCCCCC. The van der Waals surface area contributed by atoms with Crippen LogP contribution in [0.25, 0.3) is 0 Å². The molecule has 0 rings (SSSR count). The Bertz CT molecular complexity index is 416. The molecule has 0 aromatic rings. The monoisotopic (exact) mass is 634 g/mol. The Morgan fingerprint density at radius 2 is 0.784 bits per heavy atom. The summed E-state index contributed by atoms with van der Waals surface area (Å²) in [5.41, 5.74) is 0. The van der Waals surface area contributed by atoms with Crippen LogP contribution in [0.1, 0.15) is 170 Å². The van der Waals surface area contributed by atoms with Gasteiger partial charge in [-0.15, -0.1) is 0 Å². The third-order valence-corrected chi connectivity index (χ3v) is 10.9. The second-order valence-corrected chi connectivity index (χ2v) is 14.7. The van der Waals surface area contributed by atoms with Crippen LogP contribution in [-0.4, -0.2) is 43.3 Å². The second kappa shape index (κ2) is 35.7. The third-order valence-electron chi connectivity index (χ3n) is 6.91. The summed E-state index contributed by atoms with van der Waals surface area (Å²) in [5.74, 6) is -1.51. The van der Waals surface area contributed by atoms with Crippen molar-refractivity contribution < 1.29 is 19.8 Å². The van der Waals surface area contributed by atoms with Gasteiger partial charge >= 0.3 is 133 Å². The zero-order chi connectivity index (χ0) is 28.6. The van der Waals surface area contributed by atoms with Crippen LogP contribution < -0.4 is 0 Å². The molecule has 0 aromatic carbocycles. The van der Waals surface area contributed by atoms with Gasteiger partial charge in [-0.25, -0.2) is 0 Å². The van der Waals surface area contributed by atoms with Crippen LogP contribution in [0.5, 0.6) is 0 Å². The molecular formula is C32H66O4Sn. The van der Waals surface area contributed by atoms with Crippen molar-refractivity contribution in [2.75, 3.05) is 0 Å². The minimum absolute atomic E-state index is 0.0736. The van der Waals surface area contributed by atoms with Gasteiger partial charge in [0.2, 0.25) is 0 Å². The van der Waals surface area contributed by atoms with Crippen LogP contribution in [0.4, 0.5) is 0 Å². The number of hydrogen-bond donors (Lipinski definition) is 2. The molecule has 222 valence electrons. The average Bonchev–Trinajstić information content (AvgIpc) is 2.88. The minimum atomic E-state index is -0.643. The molecule has 0 aliphatic heterocycles. The molecule has 0 saturated heterocycles. The molecule has 4 nitrogen and oxygen atoms in total. The predicted molar refractivity (Wildman–Crippen MR) is 164 cm³/mol. The van der Waals surface area contributed by atoms with Crippen molar-refractivity contribution in [3.8, 4) is 0 Å². The van der Waals surface area contributed by atoms with E-state index >= 15 is 0 Å². The summed E-state index contributed by atoms with van der Waals surface area (Å²) in [6.45, 7) is 12.6. The first-order valence-corrected chi connectivity index (χ1v) is 20.1. The van der Waals surface area contributed by atoms with Crippen LogP contribution >= 0.6 is 0 Å². The van der Waals surface area contributed by atoms with Gasteiger partial charge < -0.3 is 10.2 Å². The number of unbranched alkanes of at least 4 members (excludes halogenated alkanes) is 12. The topological polar surface area (TPSA) is 74.6 Å². The fourth-order valence-electron chi connectivity index (χ4n) is 4.09. The number of carboxylic acid groups (broad SMARTS) is 2. The van der Waals surface area contributed by atoms with Gasteiger partial charge in [-0.2, -0.15) is 0 Å². The number of aliphatic carboxylic acids is 2. The van der Waals surface area contributed by atoms with Crippen LogP contribution in [0.3, 0.4) is 0 Å². The molecule has 0 bridgehead atoms. The van der Waals surface area contributed by atoms with E-state index < -0.39 is 11.9 Å². The molecule has 0 amide bonds. The Morgan fingerprint density at radius 3 is 1.05 bits per heavy atom. The van der Waals surface area contributed by atoms with E-state index in [-0.39, 0.29) is 33.0 Å². The number of carboxylic acids is 2. The standard InChI is InChI=1S/2C8H16O2.2C8H17.Sn/c2*1-3-5-6-7(4-2)8(9)10;2*1-3-5-7-8-6-4-2;/h2*7H,3-6H2,1-2H3,(H,9,10);2*1,3-8H2,2H3;. The van der Waals surface area contributed by atoms with Crippen LogP contribution in [-0.2, 0) is 9.59 Å². The zero-order valence-corrected chi connectivity index (χ0v) is 28.8. The average molecular weight is 634 g/mol. The van der Waals surface area contributed by atoms with E-state index in [4.69, 9.17) is 10.2 Å². The van der Waals surface area contributed by atoms with Crippen LogP contribution in [0.15, 0.2) is 0 Å². The maximum atomic E-state index is 10.4. The van der Waals surface area contributed by atoms with Crippen molar-refractivity contribution in [2.45, 2.75) is 179 Å². The third kappa shape index (κ3) is 35.7. The summed E-state index contributed by atoms with van der Waals surface area (Å²) < 4.78 is 3.31. The van der Waals surface area contributed by atoms with Gasteiger partial charge in [-0.05, 0) is 25.7 Å². The van der Waals surface area contributed by atoms with Crippen molar-refractivity contribution >= 4 is 33.1 Å². The van der Waals surface area contributed by atoms with Gasteiger partial charge in [-0.3, -0.25) is 9.59 Å². The van der Waals surface area contributed by atoms with Crippen molar-refractivity contribution in [3.63, 3.8) is 0 Å². The number of carbonyl (C=O) groups is 2. The summed E-state index contributed by atoms with van der Waals surface area (Å²) in [6.07, 6.45) is 25.3. The van der Waals surface area contributed by atoms with Gasteiger partial charge in [0.15, 0.2) is 0 Å². The van der Waals surface area contributed by atoms with E-state index in [1.165, 1.54) is 64.2 Å². The Hall–Kier alpha value is -0.261. The normalized spacial score (nSPS) is 12.1. The van der Waals surface area contributed by atoms with Gasteiger partial charge in [0.1, 0.15) is 0 Å². The van der Waals surface area contributed by atoms with E-state index in [1.807, 2.05) is 13.8 Å². The Labute approximate surface area is 242 Å². The molecule has 0 fully saturated rings. The first kappa shape index (κ1) is 41.2. The summed E-state index contributed by atoms with van der Waals surface area (Å²) in [7, 11) is 0. The van der Waals surface area contributed by atoms with E-state index in [2.05, 4.69) is 27.7 Å². The van der Waals surface area contributed by atoms with E-state index in [0.717, 1.165) is 51.4 Å². The van der Waals surface area contributed by atoms with Gasteiger partial charge in [-0.1, -0.05) is 53.4 Å². The van der Waals surface area contributed by atoms with Gasteiger partial charge in [0.05, 0.1) is 11.8 Å². The van der Waals surface area contributed by atoms with Gasteiger partial charge in [0.25, 0.3) is 0 Å². The summed E-state index contributed by atoms with van der Waals surface area (Å²) >= 11 is 0.0736. The predicted octanol–water partition coefficient (Wildman–Crippen LogP) is 10.8. The van der Waals surface area contributed by atoms with Crippen molar-refractivity contribution in [1.29, 1.82) is 0 Å². The molecule has 2 unspecified atom stereocenters. The van der Waals surface area contributed by atoms with E-state index in [1.54, 1.807) is 21.7 Å².